The van der Waals surface area contributed by atoms with Gasteiger partial charge in [-0.1, -0.05) is 133 Å². The summed E-state index contributed by atoms with van der Waals surface area (Å²) in [5, 5.41) is 3.01. The highest BCUT2D eigenvalue weighted by atomic mass is 35.5. The fourth-order valence-electron chi connectivity index (χ4n) is 5.33. The minimum atomic E-state index is 0.740. The van der Waals surface area contributed by atoms with Crippen LogP contribution in [0.1, 0.15) is 0 Å². The summed E-state index contributed by atoms with van der Waals surface area (Å²) >= 11 is 6.99. The van der Waals surface area contributed by atoms with Gasteiger partial charge in [0, 0.05) is 26.9 Å². The molecule has 0 saturated carbocycles. The molecule has 0 aliphatic heterocycles. The fourth-order valence-corrected chi connectivity index (χ4v) is 5.66. The molecule has 180 valence electrons. The topological polar surface area (TPSA) is 13.1 Å². The highest BCUT2D eigenvalue weighted by molar-refractivity contribution is 6.34. The summed E-state index contributed by atoms with van der Waals surface area (Å²) in [5.74, 6) is 0. The highest BCUT2D eigenvalue weighted by Gasteiger charge is 2.16. The molecule has 0 bridgehead atoms. The van der Waals surface area contributed by atoms with Gasteiger partial charge in [0.1, 0.15) is 11.2 Å². The Morgan fingerprint density at radius 3 is 1.76 bits per heavy atom. The number of fused-ring (bicyclic) bond motifs is 3. The smallest absolute Gasteiger partial charge is 0.143 e. The zero-order valence-corrected chi connectivity index (χ0v) is 21.3. The van der Waals surface area contributed by atoms with Gasteiger partial charge in [0.05, 0.1) is 0 Å². The first kappa shape index (κ1) is 22.6. The van der Waals surface area contributed by atoms with Gasteiger partial charge in [-0.3, -0.25) is 0 Å². The van der Waals surface area contributed by atoms with E-state index in [0.717, 1.165) is 71.5 Å². The molecule has 0 aliphatic rings. The molecular formula is C36H23ClO. The Kier molecular flexibility index (Phi) is 5.57. The zero-order valence-electron chi connectivity index (χ0n) is 20.6. The van der Waals surface area contributed by atoms with Gasteiger partial charge in [0.15, 0.2) is 0 Å². The molecule has 0 fully saturated rings. The summed E-state index contributed by atoms with van der Waals surface area (Å²) in [7, 11) is 0. The molecule has 1 heterocycles. The largest absolute Gasteiger partial charge is 0.455 e. The van der Waals surface area contributed by atoms with Crippen LogP contribution in [0.5, 0.6) is 0 Å². The Hall–Kier alpha value is -4.59. The number of hydrogen-bond donors (Lipinski definition) is 0. The summed E-state index contributed by atoms with van der Waals surface area (Å²) in [6.07, 6.45) is 0. The third-order valence-electron chi connectivity index (χ3n) is 7.17. The van der Waals surface area contributed by atoms with E-state index in [1.807, 2.05) is 24.3 Å². The first-order valence-corrected chi connectivity index (χ1v) is 13.1. The Bertz CT molecular complexity index is 1900. The molecule has 0 amide bonds. The van der Waals surface area contributed by atoms with Crippen molar-refractivity contribution in [1.82, 2.24) is 0 Å². The van der Waals surface area contributed by atoms with Gasteiger partial charge in [0.25, 0.3) is 0 Å². The van der Waals surface area contributed by atoms with E-state index in [-0.39, 0.29) is 0 Å². The molecule has 1 aromatic heterocycles. The number of halogens is 1. The van der Waals surface area contributed by atoms with Crippen LogP contribution >= 0.6 is 11.6 Å². The summed E-state index contributed by atoms with van der Waals surface area (Å²) in [5.41, 5.74) is 10.6. The first-order valence-electron chi connectivity index (χ1n) is 12.7. The van der Waals surface area contributed by atoms with Crippen molar-refractivity contribution in [1.29, 1.82) is 0 Å². The second-order valence-corrected chi connectivity index (χ2v) is 9.88. The molecule has 0 saturated heterocycles. The van der Waals surface area contributed by atoms with Crippen LogP contribution in [0.15, 0.2) is 144 Å². The Morgan fingerprint density at radius 2 is 1.03 bits per heavy atom. The van der Waals surface area contributed by atoms with E-state index in [0.29, 0.717) is 0 Å². The molecule has 0 radical (unpaired) electrons. The predicted molar refractivity (Wildman–Crippen MR) is 160 cm³/mol. The van der Waals surface area contributed by atoms with Crippen LogP contribution in [-0.2, 0) is 0 Å². The van der Waals surface area contributed by atoms with Crippen LogP contribution in [0, 0.1) is 0 Å². The van der Waals surface area contributed by atoms with Crippen LogP contribution in [0.25, 0.3) is 66.4 Å². The van der Waals surface area contributed by atoms with Crippen LogP contribution in [-0.4, -0.2) is 0 Å². The lowest BCUT2D eigenvalue weighted by Gasteiger charge is -2.16. The molecule has 2 heteroatoms. The monoisotopic (exact) mass is 506 g/mol. The Morgan fingerprint density at radius 1 is 0.421 bits per heavy atom. The molecule has 1 nitrogen and oxygen atoms in total. The third-order valence-corrected chi connectivity index (χ3v) is 7.47. The van der Waals surface area contributed by atoms with E-state index >= 15 is 0 Å². The average Bonchev–Trinajstić information content (AvgIpc) is 3.37. The quantitative estimate of drug-likeness (QED) is 0.231. The van der Waals surface area contributed by atoms with Gasteiger partial charge in [-0.2, -0.15) is 0 Å². The number of rotatable bonds is 4. The second-order valence-electron chi connectivity index (χ2n) is 9.47. The molecule has 0 N–H and O–H groups in total. The van der Waals surface area contributed by atoms with E-state index in [9.17, 15) is 0 Å². The van der Waals surface area contributed by atoms with Crippen molar-refractivity contribution in [3.05, 3.63) is 145 Å². The summed E-state index contributed by atoms with van der Waals surface area (Å²) < 4.78 is 6.29. The molecule has 6 aromatic carbocycles. The van der Waals surface area contributed by atoms with E-state index in [1.165, 1.54) is 0 Å². The molecule has 7 rings (SSSR count). The van der Waals surface area contributed by atoms with Crippen LogP contribution in [0.3, 0.4) is 0 Å². The molecule has 0 unspecified atom stereocenters. The van der Waals surface area contributed by atoms with Crippen molar-refractivity contribution in [2.75, 3.05) is 0 Å². The van der Waals surface area contributed by atoms with E-state index in [1.54, 1.807) is 0 Å². The van der Waals surface area contributed by atoms with Crippen molar-refractivity contribution in [3.63, 3.8) is 0 Å². The van der Waals surface area contributed by atoms with Crippen molar-refractivity contribution in [3.8, 4) is 44.5 Å². The van der Waals surface area contributed by atoms with Gasteiger partial charge in [-0.15, -0.1) is 0 Å². The number of para-hydroxylation sites is 2. The SMILES string of the molecule is Clc1cc(-c2ccccc2)cc(-c2ccc(-c3cccc4c3oc3ccccc34)cc2)c1-c1ccccc1. The normalized spacial score (nSPS) is 11.3. The lowest BCUT2D eigenvalue weighted by atomic mass is 9.90. The number of furan rings is 1. The minimum Gasteiger partial charge on any atom is -0.455 e. The standard InChI is InChI=1S/C36H23ClO/c37-33-23-28(24-10-3-1-4-11-24)22-32(35(33)27-12-5-2-6-13-27)26-20-18-25(19-21-26)29-15-9-16-31-30-14-7-8-17-34(30)38-36(29)31/h1-23H. The molecule has 0 atom stereocenters. The summed E-state index contributed by atoms with van der Waals surface area (Å²) in [4.78, 5) is 0. The van der Waals surface area contributed by atoms with E-state index < -0.39 is 0 Å². The van der Waals surface area contributed by atoms with Gasteiger partial charge in [-0.25, -0.2) is 0 Å². The molecule has 7 aromatic rings. The molecule has 0 aliphatic carbocycles. The maximum Gasteiger partial charge on any atom is 0.143 e. The van der Waals surface area contributed by atoms with Crippen molar-refractivity contribution in [2.45, 2.75) is 0 Å². The van der Waals surface area contributed by atoms with Gasteiger partial charge in [-0.05, 0) is 51.6 Å². The van der Waals surface area contributed by atoms with E-state index in [4.69, 9.17) is 16.0 Å². The molecule has 38 heavy (non-hydrogen) atoms. The van der Waals surface area contributed by atoms with Crippen LogP contribution < -0.4 is 0 Å². The van der Waals surface area contributed by atoms with Gasteiger partial charge < -0.3 is 4.42 Å². The fraction of sp³-hybridized carbons (Fsp3) is 0. The zero-order chi connectivity index (χ0) is 25.5. The molecular weight excluding hydrogens is 484 g/mol. The average molecular weight is 507 g/mol. The predicted octanol–water partition coefficient (Wildman–Crippen LogP) is 10.9. The maximum atomic E-state index is 6.99. The van der Waals surface area contributed by atoms with Gasteiger partial charge >= 0.3 is 0 Å². The lowest BCUT2D eigenvalue weighted by Crippen LogP contribution is -1.90. The summed E-state index contributed by atoms with van der Waals surface area (Å²) in [6, 6.07) is 48.3. The van der Waals surface area contributed by atoms with E-state index in [2.05, 4.69) is 115 Å². The third kappa shape index (κ3) is 3.89. The van der Waals surface area contributed by atoms with Crippen LogP contribution in [0.4, 0.5) is 0 Å². The first-order chi connectivity index (χ1) is 18.8. The number of hydrogen-bond acceptors (Lipinski definition) is 1. The number of benzene rings is 6. The highest BCUT2D eigenvalue weighted by Crippen LogP contribution is 2.42. The van der Waals surface area contributed by atoms with Crippen LogP contribution in [0.2, 0.25) is 5.02 Å². The van der Waals surface area contributed by atoms with Crippen molar-refractivity contribution < 1.29 is 4.42 Å². The lowest BCUT2D eigenvalue weighted by molar-refractivity contribution is 0.670. The van der Waals surface area contributed by atoms with Crippen molar-refractivity contribution in [2.24, 2.45) is 0 Å². The molecule has 0 spiro atoms. The van der Waals surface area contributed by atoms with Gasteiger partial charge in [0.2, 0.25) is 0 Å². The van der Waals surface area contributed by atoms with Crippen molar-refractivity contribution >= 4 is 33.5 Å². The summed E-state index contributed by atoms with van der Waals surface area (Å²) in [6.45, 7) is 0. The minimum absolute atomic E-state index is 0.740. The Labute approximate surface area is 226 Å². The maximum absolute atomic E-state index is 6.99. The Balaban J connectivity index is 1.38. The second kappa shape index (κ2) is 9.37.